The van der Waals surface area contributed by atoms with Gasteiger partial charge in [0, 0.05) is 67.8 Å². The van der Waals surface area contributed by atoms with Crippen LogP contribution in [-0.4, -0.2) is 129 Å². The van der Waals surface area contributed by atoms with Crippen molar-refractivity contribution in [3.05, 3.63) is 90.1 Å². The van der Waals surface area contributed by atoms with Gasteiger partial charge in [-0.25, -0.2) is 4.98 Å². The zero-order valence-corrected chi connectivity index (χ0v) is 42.5. The van der Waals surface area contributed by atoms with Gasteiger partial charge >= 0.3 is 0 Å². The maximum Gasteiger partial charge on any atom is 0.243 e. The molecule has 0 radical (unpaired) electrons. The van der Waals surface area contributed by atoms with Crippen molar-refractivity contribution >= 4 is 70.0 Å². The molecule has 4 aromatic rings. The fraction of sp³-hybridized carbons (Fsp3) is 0.471. The molecule has 0 spiro atoms. The number of guanidine groups is 1. The Labute approximate surface area is 434 Å². The third-order valence-electron chi connectivity index (χ3n) is 12.8. The van der Waals surface area contributed by atoms with Crippen molar-refractivity contribution in [2.45, 2.75) is 140 Å². The number of para-hydroxylation sites is 1. The zero-order valence-electron chi connectivity index (χ0n) is 42.5. The maximum atomic E-state index is 14.8. The average Bonchev–Trinajstić information content (AvgIpc) is 4.06. The van der Waals surface area contributed by atoms with Gasteiger partial charge in [0.2, 0.25) is 53.2 Å². The lowest BCUT2D eigenvalue weighted by Gasteiger charge is -2.29. The van der Waals surface area contributed by atoms with Crippen molar-refractivity contribution in [1.29, 1.82) is 0 Å². The summed E-state index contributed by atoms with van der Waals surface area (Å²) in [5.41, 5.74) is 19.5. The van der Waals surface area contributed by atoms with Gasteiger partial charge in [-0.3, -0.25) is 48.1 Å². The Balaban J connectivity index is 1.57. The summed E-state index contributed by atoms with van der Waals surface area (Å²) in [7, 11) is 0. The molecule has 3 heterocycles. The number of aromatic amines is 2. The molecule has 1 aliphatic heterocycles. The summed E-state index contributed by atoms with van der Waals surface area (Å²) in [6.07, 6.45) is 5.77. The number of unbranched alkanes of at least 4 members (excludes halogenated alkanes) is 1. The number of imidazole rings is 1. The lowest BCUT2D eigenvalue weighted by atomic mass is 9.91. The first-order valence-electron chi connectivity index (χ1n) is 25.2. The number of aromatic nitrogens is 3. The minimum atomic E-state index is -1.58. The second kappa shape index (κ2) is 28.8. The van der Waals surface area contributed by atoms with E-state index in [4.69, 9.17) is 17.2 Å². The number of fused-ring (bicyclic) bond motifs is 1. The lowest BCUT2D eigenvalue weighted by Crippen LogP contribution is -2.61. The summed E-state index contributed by atoms with van der Waals surface area (Å²) in [5, 5.41) is 22.5. The fourth-order valence-corrected chi connectivity index (χ4v) is 8.71. The van der Waals surface area contributed by atoms with Gasteiger partial charge in [0.1, 0.15) is 42.3 Å². The molecule has 24 nitrogen and oxygen atoms in total. The molecule has 9 amide bonds. The van der Waals surface area contributed by atoms with Crippen molar-refractivity contribution in [1.82, 2.24) is 57.5 Å². The van der Waals surface area contributed by atoms with Crippen LogP contribution < -0.4 is 59.7 Å². The molecule has 0 aliphatic carbocycles. The van der Waals surface area contributed by atoms with E-state index in [9.17, 15) is 43.2 Å². The van der Waals surface area contributed by atoms with Crippen LogP contribution in [0.15, 0.2) is 78.3 Å². The number of rotatable bonds is 17. The quantitative estimate of drug-likeness (QED) is 0.0355. The molecule has 2 aromatic heterocycles. The molecule has 1 saturated heterocycles. The van der Waals surface area contributed by atoms with Crippen LogP contribution in [0.25, 0.3) is 10.9 Å². The number of hydrogen-bond acceptors (Lipinski definition) is 11. The van der Waals surface area contributed by atoms with Crippen molar-refractivity contribution in [2.24, 2.45) is 22.2 Å². The van der Waals surface area contributed by atoms with Crippen LogP contribution in [0.4, 0.5) is 0 Å². The van der Waals surface area contributed by atoms with Crippen LogP contribution in [0.1, 0.15) is 101 Å². The summed E-state index contributed by atoms with van der Waals surface area (Å²) < 4.78 is 0. The number of primary amides is 1. The molecule has 75 heavy (non-hydrogen) atoms. The molecule has 404 valence electrons. The van der Waals surface area contributed by atoms with Crippen molar-refractivity contribution in [2.75, 3.05) is 13.1 Å². The van der Waals surface area contributed by atoms with Gasteiger partial charge in [0.05, 0.1) is 12.7 Å². The van der Waals surface area contributed by atoms with Crippen LogP contribution in [0.5, 0.6) is 0 Å². The van der Waals surface area contributed by atoms with Gasteiger partial charge in [-0.15, -0.1) is 0 Å². The minimum Gasteiger partial charge on any atom is -0.370 e. The SMILES string of the molecule is CCCC[C@H](NC(C)=O)C(=O)N[C@H]1CC(=O)NCCCC[C@@H](C(N)=O)NC(=O)[C@H]([C@@H](C)c2c[nH]c3ccccc23)NC(=O)[C@H](CCCN=C(N)N)NC(=O)[C@@H](Cc2ccccc2)NC(=O)[C@H](Cc2cnc[nH]2)NC1=O. The topological polar surface area (TPSA) is 385 Å². The van der Waals surface area contributed by atoms with Crippen molar-refractivity contribution in [3.63, 3.8) is 0 Å². The van der Waals surface area contributed by atoms with E-state index in [1.165, 1.54) is 19.4 Å². The van der Waals surface area contributed by atoms with E-state index in [0.717, 1.165) is 10.9 Å². The third-order valence-corrected chi connectivity index (χ3v) is 12.8. The second-order valence-corrected chi connectivity index (χ2v) is 18.6. The van der Waals surface area contributed by atoms with Gasteiger partial charge in [0.25, 0.3) is 0 Å². The summed E-state index contributed by atoms with van der Waals surface area (Å²) >= 11 is 0. The summed E-state index contributed by atoms with van der Waals surface area (Å²) in [5.74, 6) is -7.85. The molecule has 0 unspecified atom stereocenters. The highest BCUT2D eigenvalue weighted by Crippen LogP contribution is 2.28. The lowest BCUT2D eigenvalue weighted by molar-refractivity contribution is -0.136. The number of nitrogens with two attached hydrogens (primary N) is 3. The monoisotopic (exact) mass is 1040 g/mol. The molecular weight excluding hydrogens is 967 g/mol. The van der Waals surface area contributed by atoms with Crippen LogP contribution in [0.2, 0.25) is 0 Å². The Kier molecular flexibility index (Phi) is 22.1. The minimum absolute atomic E-state index is 0.0352. The van der Waals surface area contributed by atoms with Gasteiger partial charge in [-0.05, 0) is 55.7 Å². The molecule has 24 heteroatoms. The first-order chi connectivity index (χ1) is 35.9. The Hall–Kier alpha value is -8.31. The summed E-state index contributed by atoms with van der Waals surface area (Å²) in [6, 6.07) is 6.64. The molecule has 1 aliphatic rings. The fourth-order valence-electron chi connectivity index (χ4n) is 8.71. The first-order valence-corrected chi connectivity index (χ1v) is 25.2. The number of carbonyl (C=O) groups is 9. The third kappa shape index (κ3) is 18.0. The molecule has 16 N–H and O–H groups in total. The van der Waals surface area contributed by atoms with E-state index in [0.29, 0.717) is 29.7 Å². The largest absolute Gasteiger partial charge is 0.370 e. The van der Waals surface area contributed by atoms with Crippen molar-refractivity contribution < 1.29 is 43.2 Å². The first kappa shape index (κ1) is 57.6. The van der Waals surface area contributed by atoms with Crippen LogP contribution in [0, 0.1) is 0 Å². The van der Waals surface area contributed by atoms with E-state index < -0.39 is 108 Å². The van der Waals surface area contributed by atoms with E-state index in [2.05, 4.69) is 62.5 Å². The number of benzene rings is 2. The van der Waals surface area contributed by atoms with E-state index >= 15 is 0 Å². The van der Waals surface area contributed by atoms with E-state index in [1.807, 2.05) is 31.2 Å². The predicted molar refractivity (Wildman–Crippen MR) is 278 cm³/mol. The number of H-pyrrole nitrogens is 2. The number of nitrogens with zero attached hydrogens (tertiary/aromatic N) is 2. The number of amides is 9. The molecule has 5 rings (SSSR count). The molecule has 0 saturated carbocycles. The highest BCUT2D eigenvalue weighted by Gasteiger charge is 2.37. The smallest absolute Gasteiger partial charge is 0.243 e. The second-order valence-electron chi connectivity index (χ2n) is 18.6. The maximum absolute atomic E-state index is 14.8. The highest BCUT2D eigenvalue weighted by molar-refractivity contribution is 5.99. The molecule has 8 atom stereocenters. The Morgan fingerprint density at radius 2 is 1.47 bits per heavy atom. The normalized spacial score (nSPS) is 21.6. The number of nitrogens with one attached hydrogen (secondary N) is 10. The zero-order chi connectivity index (χ0) is 54.4. The van der Waals surface area contributed by atoms with E-state index in [-0.39, 0.29) is 70.4 Å². The van der Waals surface area contributed by atoms with Gasteiger partial charge < -0.3 is 69.7 Å². The van der Waals surface area contributed by atoms with Crippen LogP contribution in [-0.2, 0) is 56.0 Å². The number of hydrogen-bond donors (Lipinski definition) is 13. The standard InChI is InChI=1S/C51H71N15O9/c1-4-5-17-37(60-30(3)67)45(70)65-41-25-42(68)56-21-12-11-19-36(44(52)69)61-50(75)43(29(2)34-27-58-35-18-10-9-16-33(34)35)66-46(71)38(20-13-22-57-51(53)54)62-47(72)39(23-31-14-7-6-8-15-31)63-48(73)40(64-49(41)74)24-32-26-55-28-59-32/h6-10,14-16,18,26-29,36-41,43,58H,4-5,11-13,17,19-25H2,1-3H3,(H2,52,69)(H,55,59)(H,56,68)(H,60,67)(H,61,75)(H,62,72)(H,63,73)(H,64,74)(H,65,70)(H,66,71)(H4,53,54,57)/t29-,36-,37-,38-,39+,40-,41-,43-/m0/s1. The molecule has 0 bridgehead atoms. The Bertz CT molecular complexity index is 2620. The number of carbonyl (C=O) groups excluding carboxylic acids is 9. The predicted octanol–water partition coefficient (Wildman–Crippen LogP) is -0.687. The summed E-state index contributed by atoms with van der Waals surface area (Å²) in [4.78, 5) is 140. The number of aliphatic imine (C=N–C) groups is 1. The van der Waals surface area contributed by atoms with Crippen LogP contribution >= 0.6 is 0 Å². The van der Waals surface area contributed by atoms with Crippen molar-refractivity contribution in [3.8, 4) is 0 Å². The molecule has 2 aromatic carbocycles. The molecule has 1 fully saturated rings. The summed E-state index contributed by atoms with van der Waals surface area (Å²) in [6.45, 7) is 4.98. The van der Waals surface area contributed by atoms with Gasteiger partial charge in [-0.2, -0.15) is 0 Å². The van der Waals surface area contributed by atoms with Gasteiger partial charge in [0.15, 0.2) is 5.96 Å². The van der Waals surface area contributed by atoms with Crippen LogP contribution in [0.3, 0.4) is 0 Å². The average molecular weight is 1040 g/mol. The Morgan fingerprint density at radius 3 is 2.15 bits per heavy atom. The van der Waals surface area contributed by atoms with E-state index in [1.54, 1.807) is 43.5 Å². The highest BCUT2D eigenvalue weighted by atomic mass is 16.2. The molecular formula is C51H71N15O9. The van der Waals surface area contributed by atoms with Gasteiger partial charge in [-0.1, -0.05) is 75.2 Å². The Morgan fingerprint density at radius 1 is 0.787 bits per heavy atom.